The fourth-order valence-corrected chi connectivity index (χ4v) is 2.44. The van der Waals surface area contributed by atoms with Crippen molar-refractivity contribution in [1.82, 2.24) is 4.90 Å². The minimum absolute atomic E-state index is 0.000915. The van der Waals surface area contributed by atoms with Crippen LogP contribution >= 0.6 is 0 Å². The van der Waals surface area contributed by atoms with Crippen LogP contribution in [0.2, 0.25) is 0 Å². The van der Waals surface area contributed by atoms with Crippen LogP contribution in [0.15, 0.2) is 24.3 Å². The van der Waals surface area contributed by atoms with Gasteiger partial charge in [0.2, 0.25) is 11.8 Å². The standard InChI is InChI=1S/C15H19NO3/c1-3-8-16-14(17)9-12(10-15(16)18)11-4-6-13(19-2)7-5-11/h4-7,12H,3,8-10H2,1-2H3. The summed E-state index contributed by atoms with van der Waals surface area (Å²) in [6, 6.07) is 7.59. The van der Waals surface area contributed by atoms with Gasteiger partial charge in [0.05, 0.1) is 7.11 Å². The average Bonchev–Trinajstić information content (AvgIpc) is 2.43. The highest BCUT2D eigenvalue weighted by molar-refractivity contribution is 5.98. The molecule has 0 atom stereocenters. The molecule has 1 saturated heterocycles. The third-order valence-electron chi connectivity index (χ3n) is 3.48. The lowest BCUT2D eigenvalue weighted by Gasteiger charge is -2.30. The quantitative estimate of drug-likeness (QED) is 0.781. The molecule has 1 heterocycles. The van der Waals surface area contributed by atoms with E-state index in [1.807, 2.05) is 31.2 Å². The maximum absolute atomic E-state index is 12.0. The molecule has 102 valence electrons. The van der Waals surface area contributed by atoms with Gasteiger partial charge in [0.15, 0.2) is 0 Å². The molecule has 19 heavy (non-hydrogen) atoms. The number of hydrogen-bond donors (Lipinski definition) is 0. The molecule has 1 fully saturated rings. The SMILES string of the molecule is CCCN1C(=O)CC(c2ccc(OC)cc2)CC1=O. The van der Waals surface area contributed by atoms with Gasteiger partial charge in [-0.1, -0.05) is 19.1 Å². The number of hydrogen-bond acceptors (Lipinski definition) is 3. The van der Waals surface area contributed by atoms with Gasteiger partial charge in [-0.25, -0.2) is 0 Å². The minimum Gasteiger partial charge on any atom is -0.497 e. The third-order valence-corrected chi connectivity index (χ3v) is 3.48. The van der Waals surface area contributed by atoms with E-state index in [1.165, 1.54) is 4.90 Å². The van der Waals surface area contributed by atoms with Gasteiger partial charge in [-0.2, -0.15) is 0 Å². The molecule has 0 aromatic heterocycles. The minimum atomic E-state index is -0.0566. The Kier molecular flexibility index (Phi) is 4.20. The Morgan fingerprint density at radius 1 is 1.16 bits per heavy atom. The first kappa shape index (κ1) is 13.6. The van der Waals surface area contributed by atoms with Gasteiger partial charge in [-0.15, -0.1) is 0 Å². The predicted molar refractivity (Wildman–Crippen MR) is 72.0 cm³/mol. The summed E-state index contributed by atoms with van der Waals surface area (Å²) in [6.07, 6.45) is 1.64. The number of nitrogens with zero attached hydrogens (tertiary/aromatic N) is 1. The van der Waals surface area contributed by atoms with Crippen molar-refractivity contribution in [3.8, 4) is 5.75 Å². The smallest absolute Gasteiger partial charge is 0.229 e. The number of likely N-dealkylation sites (tertiary alicyclic amines) is 1. The summed E-state index contributed by atoms with van der Waals surface area (Å²) in [5.74, 6) is 0.668. The number of carbonyl (C=O) groups excluding carboxylic acids is 2. The summed E-state index contributed by atoms with van der Waals surface area (Å²) in [5, 5.41) is 0. The zero-order valence-electron chi connectivity index (χ0n) is 11.4. The lowest BCUT2D eigenvalue weighted by atomic mass is 9.88. The molecule has 0 aliphatic carbocycles. The van der Waals surface area contributed by atoms with E-state index in [9.17, 15) is 9.59 Å². The van der Waals surface area contributed by atoms with Gasteiger partial charge >= 0.3 is 0 Å². The van der Waals surface area contributed by atoms with Crippen molar-refractivity contribution in [2.75, 3.05) is 13.7 Å². The summed E-state index contributed by atoms with van der Waals surface area (Å²) in [6.45, 7) is 2.50. The molecular formula is C15H19NO3. The molecule has 2 rings (SSSR count). The molecule has 1 aliphatic rings. The first-order chi connectivity index (χ1) is 9.15. The van der Waals surface area contributed by atoms with E-state index in [0.29, 0.717) is 19.4 Å². The Balaban J connectivity index is 2.11. The second-order valence-electron chi connectivity index (χ2n) is 4.82. The normalized spacial score (nSPS) is 16.8. The molecule has 1 aromatic carbocycles. The number of ether oxygens (including phenoxy) is 1. The Hall–Kier alpha value is -1.84. The second-order valence-corrected chi connectivity index (χ2v) is 4.82. The highest BCUT2D eigenvalue weighted by atomic mass is 16.5. The van der Waals surface area contributed by atoms with E-state index in [4.69, 9.17) is 4.74 Å². The third kappa shape index (κ3) is 2.95. The Labute approximate surface area is 113 Å². The lowest BCUT2D eigenvalue weighted by Crippen LogP contribution is -2.42. The van der Waals surface area contributed by atoms with E-state index >= 15 is 0 Å². The topological polar surface area (TPSA) is 46.6 Å². The molecule has 0 saturated carbocycles. The number of carbonyl (C=O) groups is 2. The van der Waals surface area contributed by atoms with Crippen molar-refractivity contribution in [2.45, 2.75) is 32.1 Å². The predicted octanol–water partition coefficient (Wildman–Crippen LogP) is 2.34. The molecule has 0 spiro atoms. The summed E-state index contributed by atoms with van der Waals surface area (Å²) in [4.78, 5) is 25.4. The van der Waals surface area contributed by atoms with Crippen molar-refractivity contribution in [1.29, 1.82) is 0 Å². The first-order valence-electron chi connectivity index (χ1n) is 6.62. The first-order valence-corrected chi connectivity index (χ1v) is 6.62. The maximum atomic E-state index is 12.0. The molecule has 4 nitrogen and oxygen atoms in total. The van der Waals surface area contributed by atoms with Gasteiger partial charge < -0.3 is 4.74 Å². The number of amides is 2. The molecule has 0 N–H and O–H groups in total. The monoisotopic (exact) mass is 261 g/mol. The fraction of sp³-hybridized carbons (Fsp3) is 0.467. The van der Waals surface area contributed by atoms with E-state index in [-0.39, 0.29) is 17.7 Å². The number of benzene rings is 1. The van der Waals surface area contributed by atoms with Crippen LogP contribution in [0, 0.1) is 0 Å². The molecule has 1 aliphatic heterocycles. The van der Waals surface area contributed by atoms with Crippen LogP contribution < -0.4 is 4.74 Å². The van der Waals surface area contributed by atoms with Crippen molar-refractivity contribution >= 4 is 11.8 Å². The van der Waals surface area contributed by atoms with Crippen molar-refractivity contribution < 1.29 is 14.3 Å². The number of rotatable bonds is 4. The summed E-state index contributed by atoms with van der Waals surface area (Å²) in [7, 11) is 1.62. The van der Waals surface area contributed by atoms with Gasteiger partial charge in [-0.3, -0.25) is 14.5 Å². The van der Waals surface area contributed by atoms with E-state index in [2.05, 4.69) is 0 Å². The molecule has 2 amide bonds. The van der Waals surface area contributed by atoms with Crippen molar-refractivity contribution in [3.05, 3.63) is 29.8 Å². The molecule has 4 heteroatoms. The van der Waals surface area contributed by atoms with Crippen LogP contribution in [0.1, 0.15) is 37.7 Å². The Morgan fingerprint density at radius 3 is 2.21 bits per heavy atom. The molecule has 1 aromatic rings. The lowest BCUT2D eigenvalue weighted by molar-refractivity contribution is -0.148. The van der Waals surface area contributed by atoms with Crippen LogP contribution in [0.3, 0.4) is 0 Å². The highest BCUT2D eigenvalue weighted by Crippen LogP contribution is 2.30. The van der Waals surface area contributed by atoms with Gasteiger partial charge in [0.1, 0.15) is 5.75 Å². The van der Waals surface area contributed by atoms with Crippen LogP contribution in [0.5, 0.6) is 5.75 Å². The fourth-order valence-electron chi connectivity index (χ4n) is 2.44. The zero-order valence-corrected chi connectivity index (χ0v) is 11.4. The molecule has 0 bridgehead atoms. The Bertz CT molecular complexity index is 449. The van der Waals surface area contributed by atoms with E-state index in [1.54, 1.807) is 7.11 Å². The molecular weight excluding hydrogens is 242 g/mol. The van der Waals surface area contributed by atoms with Gasteiger partial charge in [-0.05, 0) is 24.1 Å². The van der Waals surface area contributed by atoms with Gasteiger partial charge in [0.25, 0.3) is 0 Å². The number of methoxy groups -OCH3 is 1. The van der Waals surface area contributed by atoms with E-state index in [0.717, 1.165) is 17.7 Å². The van der Waals surface area contributed by atoms with Gasteiger partial charge in [0, 0.05) is 25.3 Å². The Morgan fingerprint density at radius 2 is 1.74 bits per heavy atom. The summed E-state index contributed by atoms with van der Waals surface area (Å²) >= 11 is 0. The maximum Gasteiger partial charge on any atom is 0.229 e. The summed E-state index contributed by atoms with van der Waals surface area (Å²) < 4.78 is 5.11. The van der Waals surface area contributed by atoms with Crippen molar-refractivity contribution in [2.24, 2.45) is 0 Å². The zero-order chi connectivity index (χ0) is 13.8. The highest BCUT2D eigenvalue weighted by Gasteiger charge is 2.32. The van der Waals surface area contributed by atoms with Crippen LogP contribution in [0.4, 0.5) is 0 Å². The van der Waals surface area contributed by atoms with Crippen LogP contribution in [-0.2, 0) is 9.59 Å². The van der Waals surface area contributed by atoms with Crippen LogP contribution in [-0.4, -0.2) is 30.4 Å². The largest absolute Gasteiger partial charge is 0.497 e. The summed E-state index contributed by atoms with van der Waals surface area (Å²) in [5.41, 5.74) is 1.03. The second kappa shape index (κ2) is 5.87. The molecule has 0 radical (unpaired) electrons. The van der Waals surface area contributed by atoms with E-state index < -0.39 is 0 Å². The molecule has 0 unspecified atom stereocenters. The van der Waals surface area contributed by atoms with Crippen LogP contribution in [0.25, 0.3) is 0 Å². The number of piperidine rings is 1. The van der Waals surface area contributed by atoms with Crippen molar-refractivity contribution in [3.63, 3.8) is 0 Å². The average molecular weight is 261 g/mol. The number of imide groups is 1.